The van der Waals surface area contributed by atoms with Crippen LogP contribution in [0.2, 0.25) is 0 Å². The van der Waals surface area contributed by atoms with Crippen molar-refractivity contribution in [2.75, 3.05) is 31.1 Å². The molecule has 140 valence electrons. The summed E-state index contributed by atoms with van der Waals surface area (Å²) in [6.07, 6.45) is 12.4. The molecule has 2 N–H and O–H groups in total. The van der Waals surface area contributed by atoms with Crippen molar-refractivity contribution in [2.24, 2.45) is 0 Å². The molecular formula is C20H23ClN6. The van der Waals surface area contributed by atoms with Crippen molar-refractivity contribution in [2.45, 2.75) is 18.8 Å². The molecule has 1 saturated heterocycles. The molecule has 0 radical (unpaired) electrons. The molecule has 5 rings (SSSR count). The van der Waals surface area contributed by atoms with E-state index in [1.165, 1.54) is 24.1 Å². The number of halogens is 1. The first-order chi connectivity index (χ1) is 12.9. The van der Waals surface area contributed by atoms with E-state index < -0.39 is 0 Å². The maximum atomic E-state index is 4.67. The minimum absolute atomic E-state index is 0. The summed E-state index contributed by atoms with van der Waals surface area (Å²) in [6, 6.07) is 3.99. The highest BCUT2D eigenvalue weighted by molar-refractivity contribution is 5.98. The van der Waals surface area contributed by atoms with E-state index in [1.54, 1.807) is 6.20 Å². The first kappa shape index (κ1) is 17.9. The zero-order chi connectivity index (χ0) is 17.3. The second-order valence-electron chi connectivity index (χ2n) is 7.03. The summed E-state index contributed by atoms with van der Waals surface area (Å²) >= 11 is 0. The van der Waals surface area contributed by atoms with Crippen LogP contribution < -0.4 is 10.2 Å². The fraction of sp³-hybridized carbons (Fsp3) is 0.350. The van der Waals surface area contributed by atoms with Crippen LogP contribution in [0.5, 0.6) is 0 Å². The number of fused-ring (bicyclic) bond motifs is 1. The maximum Gasteiger partial charge on any atom is 0.157 e. The predicted molar refractivity (Wildman–Crippen MR) is 111 cm³/mol. The molecule has 2 fully saturated rings. The van der Waals surface area contributed by atoms with Gasteiger partial charge in [0, 0.05) is 44.8 Å². The first-order valence-corrected chi connectivity index (χ1v) is 9.31. The van der Waals surface area contributed by atoms with E-state index >= 15 is 0 Å². The van der Waals surface area contributed by atoms with Crippen molar-refractivity contribution < 1.29 is 0 Å². The van der Waals surface area contributed by atoms with Crippen LogP contribution in [-0.4, -0.2) is 46.3 Å². The second-order valence-corrected chi connectivity index (χ2v) is 7.03. The molecule has 0 amide bonds. The van der Waals surface area contributed by atoms with Crippen LogP contribution in [0.3, 0.4) is 0 Å². The van der Waals surface area contributed by atoms with E-state index in [0.29, 0.717) is 5.92 Å². The van der Waals surface area contributed by atoms with Crippen molar-refractivity contribution in [1.82, 2.24) is 25.5 Å². The standard InChI is InChI=1S/C20H22N6.ClH/c1-2-14(12-22-7-1)3-6-17-18-19(26-10-8-21-9-11-26)16(15-4-5-15)13-23-20(18)25-24-17;/h1-3,6-7,12-13,15,21H,4-5,8-11H2,(H,23,24,25);1H. The fourth-order valence-corrected chi connectivity index (χ4v) is 3.71. The highest BCUT2D eigenvalue weighted by Crippen LogP contribution is 2.46. The van der Waals surface area contributed by atoms with Gasteiger partial charge in [-0.25, -0.2) is 4.98 Å². The molecule has 7 heteroatoms. The van der Waals surface area contributed by atoms with Crippen LogP contribution in [0.4, 0.5) is 5.69 Å². The molecule has 1 saturated carbocycles. The Morgan fingerprint density at radius 3 is 2.70 bits per heavy atom. The van der Waals surface area contributed by atoms with Gasteiger partial charge < -0.3 is 10.2 Å². The second kappa shape index (κ2) is 7.66. The van der Waals surface area contributed by atoms with Gasteiger partial charge in [0.15, 0.2) is 5.65 Å². The van der Waals surface area contributed by atoms with E-state index in [0.717, 1.165) is 48.5 Å². The molecule has 4 heterocycles. The highest BCUT2D eigenvalue weighted by Gasteiger charge is 2.31. The summed E-state index contributed by atoms with van der Waals surface area (Å²) in [5, 5.41) is 12.3. The van der Waals surface area contributed by atoms with Gasteiger partial charge in [-0.2, -0.15) is 5.10 Å². The number of aromatic nitrogens is 4. The van der Waals surface area contributed by atoms with Crippen LogP contribution in [0, 0.1) is 0 Å². The Morgan fingerprint density at radius 1 is 1.11 bits per heavy atom. The molecule has 0 spiro atoms. The molecule has 2 aliphatic rings. The number of anilines is 1. The molecule has 0 atom stereocenters. The van der Waals surface area contributed by atoms with Gasteiger partial charge in [0.1, 0.15) is 0 Å². The quantitative estimate of drug-likeness (QED) is 0.725. The van der Waals surface area contributed by atoms with Gasteiger partial charge in [-0.3, -0.25) is 10.1 Å². The molecule has 0 aromatic carbocycles. The van der Waals surface area contributed by atoms with E-state index in [1.807, 2.05) is 18.3 Å². The highest BCUT2D eigenvalue weighted by atomic mass is 35.5. The zero-order valence-electron chi connectivity index (χ0n) is 15.1. The molecule has 3 aromatic heterocycles. The number of rotatable bonds is 4. The van der Waals surface area contributed by atoms with E-state index in [4.69, 9.17) is 0 Å². The van der Waals surface area contributed by atoms with Crippen LogP contribution in [0.1, 0.15) is 35.6 Å². The number of pyridine rings is 2. The molecule has 27 heavy (non-hydrogen) atoms. The SMILES string of the molecule is C(=Cc1n[nH]c2ncc(C3CC3)c(N3CCNCC3)c12)c1cccnc1.Cl. The summed E-state index contributed by atoms with van der Waals surface area (Å²) in [5.74, 6) is 0.654. The summed E-state index contributed by atoms with van der Waals surface area (Å²) in [7, 11) is 0. The molecule has 3 aromatic rings. The fourth-order valence-electron chi connectivity index (χ4n) is 3.71. The average Bonchev–Trinajstić information content (AvgIpc) is 3.47. The lowest BCUT2D eigenvalue weighted by atomic mass is 10.0. The summed E-state index contributed by atoms with van der Waals surface area (Å²) < 4.78 is 0. The minimum atomic E-state index is 0. The Kier molecular flexibility index (Phi) is 5.09. The summed E-state index contributed by atoms with van der Waals surface area (Å²) in [4.78, 5) is 11.3. The monoisotopic (exact) mass is 382 g/mol. The van der Waals surface area contributed by atoms with Gasteiger partial charge in [0.05, 0.1) is 16.8 Å². The van der Waals surface area contributed by atoms with Crippen LogP contribution >= 0.6 is 12.4 Å². The molecule has 0 bridgehead atoms. The number of hydrogen-bond acceptors (Lipinski definition) is 5. The van der Waals surface area contributed by atoms with Crippen LogP contribution in [0.15, 0.2) is 30.7 Å². The van der Waals surface area contributed by atoms with Crippen LogP contribution in [0.25, 0.3) is 23.2 Å². The molecule has 0 unspecified atom stereocenters. The number of nitrogens with one attached hydrogen (secondary N) is 2. The van der Waals surface area contributed by atoms with Crippen molar-refractivity contribution in [3.05, 3.63) is 47.5 Å². The Bertz CT molecular complexity index is 942. The third kappa shape index (κ3) is 3.55. The summed E-state index contributed by atoms with van der Waals surface area (Å²) in [6.45, 7) is 4.09. The van der Waals surface area contributed by atoms with Gasteiger partial charge >= 0.3 is 0 Å². The maximum absolute atomic E-state index is 4.67. The lowest BCUT2D eigenvalue weighted by molar-refractivity contribution is 0.589. The smallest absolute Gasteiger partial charge is 0.157 e. The van der Waals surface area contributed by atoms with Gasteiger partial charge in [-0.1, -0.05) is 12.1 Å². The lowest BCUT2D eigenvalue weighted by Crippen LogP contribution is -2.44. The van der Waals surface area contributed by atoms with E-state index in [-0.39, 0.29) is 12.4 Å². The predicted octanol–water partition coefficient (Wildman–Crippen LogP) is 3.23. The van der Waals surface area contributed by atoms with Crippen molar-refractivity contribution in [1.29, 1.82) is 0 Å². The van der Waals surface area contributed by atoms with Crippen LogP contribution in [-0.2, 0) is 0 Å². The summed E-state index contributed by atoms with van der Waals surface area (Å²) in [5.41, 5.74) is 5.61. The Morgan fingerprint density at radius 2 is 1.96 bits per heavy atom. The minimum Gasteiger partial charge on any atom is -0.368 e. The number of H-pyrrole nitrogens is 1. The number of piperazine rings is 1. The lowest BCUT2D eigenvalue weighted by Gasteiger charge is -2.31. The average molecular weight is 383 g/mol. The van der Waals surface area contributed by atoms with Gasteiger partial charge in [0.25, 0.3) is 0 Å². The third-order valence-corrected chi connectivity index (χ3v) is 5.19. The van der Waals surface area contributed by atoms with Gasteiger partial charge in [-0.05, 0) is 42.0 Å². The number of aromatic amines is 1. The zero-order valence-corrected chi connectivity index (χ0v) is 15.9. The Labute approximate surface area is 164 Å². The number of hydrogen-bond donors (Lipinski definition) is 2. The van der Waals surface area contributed by atoms with E-state index in [9.17, 15) is 0 Å². The number of nitrogens with zero attached hydrogens (tertiary/aromatic N) is 4. The van der Waals surface area contributed by atoms with Gasteiger partial charge in [-0.15, -0.1) is 12.4 Å². The van der Waals surface area contributed by atoms with Crippen molar-refractivity contribution in [3.63, 3.8) is 0 Å². The molecule has 1 aliphatic heterocycles. The largest absolute Gasteiger partial charge is 0.368 e. The molecule has 1 aliphatic carbocycles. The first-order valence-electron chi connectivity index (χ1n) is 9.31. The van der Waals surface area contributed by atoms with Crippen molar-refractivity contribution >= 4 is 41.3 Å². The normalized spacial score (nSPS) is 17.4. The molecule has 6 nitrogen and oxygen atoms in total. The molecular weight excluding hydrogens is 360 g/mol. The topological polar surface area (TPSA) is 69.7 Å². The van der Waals surface area contributed by atoms with E-state index in [2.05, 4.69) is 48.7 Å². The van der Waals surface area contributed by atoms with Crippen molar-refractivity contribution in [3.8, 4) is 0 Å². The third-order valence-electron chi connectivity index (χ3n) is 5.19. The Hall–Kier alpha value is -2.44. The Balaban J connectivity index is 0.00000180. The van der Waals surface area contributed by atoms with Gasteiger partial charge in [0.2, 0.25) is 0 Å².